The molecular weight excluding hydrogens is 392 g/mol. The quantitative estimate of drug-likeness (QED) is 0.443. The molecule has 0 bridgehead atoms. The zero-order valence-electron chi connectivity index (χ0n) is 12.6. The van der Waals surface area contributed by atoms with Crippen molar-refractivity contribution in [3.8, 4) is 0 Å². The van der Waals surface area contributed by atoms with E-state index in [1.54, 1.807) is 12.1 Å². The number of rotatable bonds is 5. The predicted molar refractivity (Wildman–Crippen MR) is 101 cm³/mol. The van der Waals surface area contributed by atoms with Gasteiger partial charge in [0.05, 0.1) is 0 Å². The number of nitrogens with two attached hydrogens (primary N) is 1. The van der Waals surface area contributed by atoms with Crippen LogP contribution in [0.2, 0.25) is 0 Å². The molecule has 0 amide bonds. The Hall–Kier alpha value is -1.63. The van der Waals surface area contributed by atoms with E-state index in [4.69, 9.17) is 5.73 Å². The SMILES string of the molecule is CCc1ccc(NC(N)=NCCc2ccccc2F)cc1.I. The summed E-state index contributed by atoms with van der Waals surface area (Å²) in [6, 6.07) is 14.8. The van der Waals surface area contributed by atoms with E-state index in [9.17, 15) is 4.39 Å². The number of aliphatic imine (C=N–C) groups is 1. The zero-order chi connectivity index (χ0) is 15.1. The highest BCUT2D eigenvalue weighted by molar-refractivity contribution is 14.0. The van der Waals surface area contributed by atoms with Crippen LogP contribution < -0.4 is 11.1 Å². The van der Waals surface area contributed by atoms with Gasteiger partial charge in [0.2, 0.25) is 0 Å². The van der Waals surface area contributed by atoms with E-state index < -0.39 is 0 Å². The molecule has 0 fully saturated rings. The first-order valence-electron chi connectivity index (χ1n) is 7.08. The molecule has 0 aliphatic carbocycles. The van der Waals surface area contributed by atoms with Crippen LogP contribution in [0.4, 0.5) is 10.1 Å². The monoisotopic (exact) mass is 413 g/mol. The minimum atomic E-state index is -0.200. The summed E-state index contributed by atoms with van der Waals surface area (Å²) in [7, 11) is 0. The highest BCUT2D eigenvalue weighted by atomic mass is 127. The molecule has 2 aromatic rings. The van der Waals surface area contributed by atoms with Crippen LogP contribution >= 0.6 is 24.0 Å². The van der Waals surface area contributed by atoms with E-state index in [2.05, 4.69) is 29.4 Å². The third-order valence-electron chi connectivity index (χ3n) is 3.26. The number of nitrogens with one attached hydrogen (secondary N) is 1. The van der Waals surface area contributed by atoms with Crippen LogP contribution in [0.15, 0.2) is 53.5 Å². The van der Waals surface area contributed by atoms with Gasteiger partial charge >= 0.3 is 0 Å². The fraction of sp³-hybridized carbons (Fsp3) is 0.235. The lowest BCUT2D eigenvalue weighted by Gasteiger charge is -2.06. The van der Waals surface area contributed by atoms with Gasteiger partial charge in [-0.15, -0.1) is 24.0 Å². The lowest BCUT2D eigenvalue weighted by molar-refractivity contribution is 0.609. The summed E-state index contributed by atoms with van der Waals surface area (Å²) in [6.45, 7) is 2.56. The fourth-order valence-corrected chi connectivity index (χ4v) is 2.01. The Morgan fingerprint density at radius 2 is 1.82 bits per heavy atom. The van der Waals surface area contributed by atoms with Crippen LogP contribution in [0.3, 0.4) is 0 Å². The number of guanidine groups is 1. The van der Waals surface area contributed by atoms with E-state index in [-0.39, 0.29) is 29.8 Å². The highest BCUT2D eigenvalue weighted by Gasteiger charge is 2.00. The van der Waals surface area contributed by atoms with Gasteiger partial charge < -0.3 is 11.1 Å². The van der Waals surface area contributed by atoms with Gasteiger partial charge in [-0.1, -0.05) is 37.3 Å². The largest absolute Gasteiger partial charge is 0.370 e. The molecule has 22 heavy (non-hydrogen) atoms. The van der Waals surface area contributed by atoms with Crippen LogP contribution in [0.1, 0.15) is 18.1 Å². The van der Waals surface area contributed by atoms with Gasteiger partial charge in [0.15, 0.2) is 5.96 Å². The minimum absolute atomic E-state index is 0. The topological polar surface area (TPSA) is 50.4 Å². The summed E-state index contributed by atoms with van der Waals surface area (Å²) in [5, 5.41) is 3.03. The number of anilines is 1. The minimum Gasteiger partial charge on any atom is -0.370 e. The van der Waals surface area contributed by atoms with E-state index >= 15 is 0 Å². The molecule has 0 aliphatic heterocycles. The average Bonchev–Trinajstić information content (AvgIpc) is 2.50. The Labute approximate surface area is 147 Å². The van der Waals surface area contributed by atoms with Gasteiger partial charge in [-0.25, -0.2) is 4.39 Å². The predicted octanol–water partition coefficient (Wildman–Crippen LogP) is 3.98. The summed E-state index contributed by atoms with van der Waals surface area (Å²) in [4.78, 5) is 4.22. The van der Waals surface area contributed by atoms with Crippen molar-refractivity contribution >= 4 is 35.6 Å². The first-order chi connectivity index (χ1) is 10.2. The van der Waals surface area contributed by atoms with Crippen molar-refractivity contribution in [3.63, 3.8) is 0 Å². The summed E-state index contributed by atoms with van der Waals surface area (Å²) in [5.74, 6) is 0.143. The van der Waals surface area contributed by atoms with Gasteiger partial charge in [-0.2, -0.15) is 0 Å². The van der Waals surface area contributed by atoms with Crippen molar-refractivity contribution < 1.29 is 4.39 Å². The van der Waals surface area contributed by atoms with E-state index in [0.29, 0.717) is 24.5 Å². The average molecular weight is 413 g/mol. The lowest BCUT2D eigenvalue weighted by Crippen LogP contribution is -2.23. The number of benzene rings is 2. The molecular formula is C17H21FIN3. The molecule has 3 N–H and O–H groups in total. The van der Waals surface area contributed by atoms with Crippen LogP contribution in [-0.4, -0.2) is 12.5 Å². The maximum Gasteiger partial charge on any atom is 0.193 e. The molecule has 5 heteroatoms. The molecule has 2 rings (SSSR count). The molecule has 0 aromatic heterocycles. The van der Waals surface area contributed by atoms with Crippen molar-refractivity contribution in [2.75, 3.05) is 11.9 Å². The van der Waals surface area contributed by atoms with E-state index in [0.717, 1.165) is 12.1 Å². The first-order valence-corrected chi connectivity index (χ1v) is 7.08. The third kappa shape index (κ3) is 5.63. The molecule has 0 saturated heterocycles. The number of hydrogen-bond donors (Lipinski definition) is 2. The van der Waals surface area contributed by atoms with Crippen LogP contribution in [-0.2, 0) is 12.8 Å². The summed E-state index contributed by atoms with van der Waals surface area (Å²) in [6.07, 6.45) is 1.54. The normalized spacial score (nSPS) is 10.9. The second-order valence-corrected chi connectivity index (χ2v) is 4.78. The molecule has 118 valence electrons. The van der Waals surface area contributed by atoms with Crippen LogP contribution in [0.25, 0.3) is 0 Å². The molecule has 0 heterocycles. The highest BCUT2D eigenvalue weighted by Crippen LogP contribution is 2.10. The molecule has 0 radical (unpaired) electrons. The lowest BCUT2D eigenvalue weighted by atomic mass is 10.1. The molecule has 0 aliphatic rings. The zero-order valence-corrected chi connectivity index (χ0v) is 14.9. The van der Waals surface area contributed by atoms with Crippen molar-refractivity contribution in [2.45, 2.75) is 19.8 Å². The van der Waals surface area contributed by atoms with E-state index in [1.807, 2.05) is 18.2 Å². The first kappa shape index (κ1) is 18.4. The van der Waals surface area contributed by atoms with Gasteiger partial charge in [0.25, 0.3) is 0 Å². The van der Waals surface area contributed by atoms with Crippen molar-refractivity contribution in [1.29, 1.82) is 0 Å². The van der Waals surface area contributed by atoms with Crippen molar-refractivity contribution in [3.05, 3.63) is 65.5 Å². The number of aryl methyl sites for hydroxylation is 1. The van der Waals surface area contributed by atoms with Gasteiger partial charge in [-0.3, -0.25) is 4.99 Å². The summed E-state index contributed by atoms with van der Waals surface area (Å²) in [5.41, 5.74) is 8.65. The van der Waals surface area contributed by atoms with Gasteiger partial charge in [-0.05, 0) is 42.2 Å². The van der Waals surface area contributed by atoms with Crippen molar-refractivity contribution in [1.82, 2.24) is 0 Å². The van der Waals surface area contributed by atoms with Gasteiger partial charge in [0, 0.05) is 12.2 Å². The Balaban J connectivity index is 0.00000242. The molecule has 0 saturated carbocycles. The Bertz CT molecular complexity index is 612. The fourth-order valence-electron chi connectivity index (χ4n) is 2.01. The van der Waals surface area contributed by atoms with Crippen LogP contribution in [0, 0.1) is 5.82 Å². The second kappa shape index (κ2) is 9.40. The standard InChI is InChI=1S/C17H20FN3.HI/c1-2-13-7-9-15(10-8-13)21-17(19)20-12-11-14-5-3-4-6-16(14)18;/h3-10H,2,11-12H2,1H3,(H3,19,20,21);1H. The molecule has 3 nitrogen and oxygen atoms in total. The number of hydrogen-bond acceptors (Lipinski definition) is 1. The number of halogens is 2. The van der Waals surface area contributed by atoms with E-state index in [1.165, 1.54) is 11.6 Å². The smallest absolute Gasteiger partial charge is 0.193 e. The Morgan fingerprint density at radius 1 is 1.14 bits per heavy atom. The molecule has 0 spiro atoms. The van der Waals surface area contributed by atoms with Crippen molar-refractivity contribution in [2.24, 2.45) is 10.7 Å². The number of nitrogens with zero attached hydrogens (tertiary/aromatic N) is 1. The molecule has 0 unspecified atom stereocenters. The van der Waals surface area contributed by atoms with Crippen LogP contribution in [0.5, 0.6) is 0 Å². The second-order valence-electron chi connectivity index (χ2n) is 4.78. The maximum absolute atomic E-state index is 13.4. The summed E-state index contributed by atoms with van der Waals surface area (Å²) >= 11 is 0. The Kier molecular flexibility index (Phi) is 7.87. The molecule has 2 aromatic carbocycles. The van der Waals surface area contributed by atoms with Gasteiger partial charge in [0.1, 0.15) is 5.82 Å². The Morgan fingerprint density at radius 3 is 2.45 bits per heavy atom. The molecule has 0 atom stereocenters. The third-order valence-corrected chi connectivity index (χ3v) is 3.26. The summed E-state index contributed by atoms with van der Waals surface area (Å²) < 4.78 is 13.4. The maximum atomic E-state index is 13.4.